The molecule has 2 unspecified atom stereocenters. The summed E-state index contributed by atoms with van der Waals surface area (Å²) in [7, 11) is 0. The molecule has 1 amide bonds. The fraction of sp³-hybridized carbons (Fsp3) is 0.188. The number of hydrogen-bond donors (Lipinski definition) is 1. The first-order chi connectivity index (χ1) is 10.7. The van der Waals surface area contributed by atoms with Crippen LogP contribution in [-0.2, 0) is 4.79 Å². The van der Waals surface area contributed by atoms with Crippen LogP contribution in [0.15, 0.2) is 35.7 Å². The molecule has 2 atom stereocenters. The predicted molar refractivity (Wildman–Crippen MR) is 84.7 cm³/mol. The summed E-state index contributed by atoms with van der Waals surface area (Å²) in [6.07, 6.45) is 0. The molecule has 22 heavy (non-hydrogen) atoms. The van der Waals surface area contributed by atoms with E-state index in [4.69, 9.17) is 0 Å². The van der Waals surface area contributed by atoms with E-state index in [0.717, 1.165) is 21.5 Å². The molecule has 0 fully saturated rings. The zero-order valence-electron chi connectivity index (χ0n) is 11.8. The molecule has 0 saturated heterocycles. The Morgan fingerprint density at radius 1 is 1.36 bits per heavy atom. The van der Waals surface area contributed by atoms with E-state index in [2.05, 4.69) is 16.4 Å². The van der Waals surface area contributed by atoms with Gasteiger partial charge in [0.15, 0.2) is 5.92 Å². The molecule has 108 valence electrons. The lowest BCUT2D eigenvalue weighted by Gasteiger charge is -2.29. The van der Waals surface area contributed by atoms with Crippen molar-refractivity contribution in [3.63, 3.8) is 0 Å². The van der Waals surface area contributed by atoms with Gasteiger partial charge in [-0.05, 0) is 36.1 Å². The Balaban J connectivity index is 2.05. The van der Waals surface area contributed by atoms with Crippen molar-refractivity contribution in [2.75, 3.05) is 5.32 Å². The Kier molecular flexibility index (Phi) is 2.78. The van der Waals surface area contributed by atoms with Crippen molar-refractivity contribution in [2.24, 2.45) is 5.92 Å². The van der Waals surface area contributed by atoms with E-state index in [1.807, 2.05) is 47.2 Å². The van der Waals surface area contributed by atoms with Gasteiger partial charge in [-0.15, -0.1) is 11.3 Å². The van der Waals surface area contributed by atoms with Crippen LogP contribution in [0.2, 0.25) is 0 Å². The van der Waals surface area contributed by atoms with Gasteiger partial charge in [-0.2, -0.15) is 5.26 Å². The van der Waals surface area contributed by atoms with Crippen molar-refractivity contribution in [2.45, 2.75) is 13.0 Å². The number of nitriles is 1. The van der Waals surface area contributed by atoms with Gasteiger partial charge in [0.1, 0.15) is 0 Å². The van der Waals surface area contributed by atoms with Crippen molar-refractivity contribution >= 4 is 34.2 Å². The largest absolute Gasteiger partial charge is 0.300 e. The Hall–Kier alpha value is -2.65. The molecule has 2 aromatic heterocycles. The third-order valence-corrected chi connectivity index (χ3v) is 5.11. The zero-order valence-corrected chi connectivity index (χ0v) is 12.6. The monoisotopic (exact) mass is 308 g/mol. The topological polar surface area (TPSA) is 70.7 Å². The Morgan fingerprint density at radius 3 is 2.91 bits per heavy atom. The first-order valence-electron chi connectivity index (χ1n) is 6.92. The van der Waals surface area contributed by atoms with Crippen molar-refractivity contribution < 1.29 is 4.79 Å². The maximum Gasteiger partial charge on any atom is 0.246 e. The summed E-state index contributed by atoms with van der Waals surface area (Å²) in [6.45, 7) is 2.01. The smallest absolute Gasteiger partial charge is 0.246 e. The van der Waals surface area contributed by atoms with Gasteiger partial charge >= 0.3 is 0 Å². The second-order valence-electron chi connectivity index (χ2n) is 5.30. The molecule has 3 heterocycles. The number of anilines is 1. The normalized spacial score (nSPS) is 20.5. The van der Waals surface area contributed by atoms with Crippen molar-refractivity contribution in [1.29, 1.82) is 5.26 Å². The molecule has 3 aromatic rings. The first-order valence-corrected chi connectivity index (χ1v) is 7.80. The van der Waals surface area contributed by atoms with Gasteiger partial charge in [0.05, 0.1) is 23.1 Å². The molecule has 5 nitrogen and oxygen atoms in total. The summed E-state index contributed by atoms with van der Waals surface area (Å²) < 4.78 is 1.98. The minimum Gasteiger partial charge on any atom is -0.300 e. The molecule has 1 aliphatic heterocycles. The highest BCUT2D eigenvalue weighted by atomic mass is 32.1. The van der Waals surface area contributed by atoms with Gasteiger partial charge in [-0.1, -0.05) is 12.1 Å². The number of rotatable bonds is 1. The van der Waals surface area contributed by atoms with Crippen LogP contribution >= 0.6 is 11.3 Å². The lowest BCUT2D eigenvalue weighted by atomic mass is 9.95. The van der Waals surface area contributed by atoms with Crippen LogP contribution in [0.5, 0.6) is 0 Å². The van der Waals surface area contributed by atoms with E-state index < -0.39 is 5.92 Å². The van der Waals surface area contributed by atoms with Crippen molar-refractivity contribution in [3.05, 3.63) is 46.2 Å². The number of nitrogens with one attached hydrogen (secondary N) is 1. The molecule has 1 aliphatic rings. The SMILES string of the molecule is Cc1ccsc1C1C(C#N)C(=O)Nc2nc3ccccc3n21. The van der Waals surface area contributed by atoms with Crippen LogP contribution < -0.4 is 5.32 Å². The molecule has 0 saturated carbocycles. The molecule has 0 radical (unpaired) electrons. The van der Waals surface area contributed by atoms with Crippen LogP contribution in [-0.4, -0.2) is 15.5 Å². The van der Waals surface area contributed by atoms with E-state index in [0.29, 0.717) is 5.95 Å². The van der Waals surface area contributed by atoms with Gasteiger partial charge in [0.2, 0.25) is 11.9 Å². The maximum absolute atomic E-state index is 12.3. The predicted octanol–water partition coefficient (Wildman–Crippen LogP) is 3.09. The van der Waals surface area contributed by atoms with E-state index in [1.165, 1.54) is 0 Å². The minimum absolute atomic E-state index is 0.289. The number of carbonyl (C=O) groups is 1. The Labute approximate surface area is 130 Å². The van der Waals surface area contributed by atoms with E-state index in [-0.39, 0.29) is 11.9 Å². The lowest BCUT2D eigenvalue weighted by Crippen LogP contribution is -2.37. The number of aromatic nitrogens is 2. The average Bonchev–Trinajstić information content (AvgIpc) is 3.09. The van der Waals surface area contributed by atoms with Gasteiger partial charge in [-0.25, -0.2) is 4.98 Å². The molecule has 0 spiro atoms. The number of imidazole rings is 1. The third kappa shape index (κ3) is 1.69. The highest BCUT2D eigenvalue weighted by Gasteiger charge is 2.39. The van der Waals surface area contributed by atoms with E-state index >= 15 is 0 Å². The summed E-state index contributed by atoms with van der Waals surface area (Å²) in [5.41, 5.74) is 2.83. The number of benzene rings is 1. The number of amides is 1. The van der Waals surface area contributed by atoms with Gasteiger partial charge in [0, 0.05) is 4.88 Å². The number of carbonyl (C=O) groups excluding carboxylic acids is 1. The average molecular weight is 308 g/mol. The summed E-state index contributed by atoms with van der Waals surface area (Å²) in [5, 5.41) is 14.3. The highest BCUT2D eigenvalue weighted by molar-refractivity contribution is 7.10. The quantitative estimate of drug-likeness (QED) is 0.751. The van der Waals surface area contributed by atoms with E-state index in [1.54, 1.807) is 11.3 Å². The highest BCUT2D eigenvalue weighted by Crippen LogP contribution is 2.40. The van der Waals surface area contributed by atoms with Gasteiger partial charge in [0.25, 0.3) is 0 Å². The molecular formula is C16H12N4OS. The summed E-state index contributed by atoms with van der Waals surface area (Å²) in [4.78, 5) is 17.8. The molecule has 6 heteroatoms. The third-order valence-electron chi connectivity index (χ3n) is 4.02. The van der Waals surface area contributed by atoms with Gasteiger partial charge in [-0.3, -0.25) is 14.7 Å². The number of hydrogen-bond acceptors (Lipinski definition) is 4. The van der Waals surface area contributed by atoms with E-state index in [9.17, 15) is 10.1 Å². The molecule has 0 aliphatic carbocycles. The van der Waals surface area contributed by atoms with Crippen LogP contribution in [0.3, 0.4) is 0 Å². The second-order valence-corrected chi connectivity index (χ2v) is 6.25. The Bertz CT molecular complexity index is 933. The summed E-state index contributed by atoms with van der Waals surface area (Å²) in [6, 6.07) is 11.6. The maximum atomic E-state index is 12.3. The summed E-state index contributed by atoms with van der Waals surface area (Å²) >= 11 is 1.57. The number of aryl methyl sites for hydroxylation is 1. The number of nitrogens with zero attached hydrogens (tertiary/aromatic N) is 3. The molecule has 4 rings (SSSR count). The first kappa shape index (κ1) is 13.0. The standard InChI is InChI=1S/C16H12N4OS/c1-9-6-7-22-14(9)13-10(8-17)15(21)19-16-18-11-4-2-3-5-12(11)20(13)16/h2-7,10,13H,1H3,(H,18,19,21). The number of thiophene rings is 1. The zero-order chi connectivity index (χ0) is 15.3. The minimum atomic E-state index is -0.762. The fourth-order valence-electron chi connectivity index (χ4n) is 2.98. The van der Waals surface area contributed by atoms with Crippen LogP contribution in [0.1, 0.15) is 16.5 Å². The van der Waals surface area contributed by atoms with Crippen LogP contribution in [0, 0.1) is 24.2 Å². The van der Waals surface area contributed by atoms with Crippen molar-refractivity contribution in [1.82, 2.24) is 9.55 Å². The van der Waals surface area contributed by atoms with Crippen LogP contribution in [0.25, 0.3) is 11.0 Å². The van der Waals surface area contributed by atoms with Crippen LogP contribution in [0.4, 0.5) is 5.95 Å². The molecule has 0 bridgehead atoms. The lowest BCUT2D eigenvalue weighted by molar-refractivity contribution is -0.119. The molecule has 1 N–H and O–H groups in total. The fourth-order valence-corrected chi connectivity index (χ4v) is 4.03. The molecule has 1 aromatic carbocycles. The second kappa shape index (κ2) is 4.68. The molecular weight excluding hydrogens is 296 g/mol. The summed E-state index contributed by atoms with van der Waals surface area (Å²) in [5.74, 6) is -0.541. The number of para-hydroxylation sites is 2. The number of fused-ring (bicyclic) bond motifs is 3. The van der Waals surface area contributed by atoms with Crippen molar-refractivity contribution in [3.8, 4) is 6.07 Å². The Morgan fingerprint density at radius 2 is 2.18 bits per heavy atom. The van der Waals surface area contributed by atoms with Gasteiger partial charge < -0.3 is 0 Å².